The van der Waals surface area contributed by atoms with Crippen LogP contribution in [0.15, 0.2) is 22.7 Å². The predicted octanol–water partition coefficient (Wildman–Crippen LogP) is 2.61. The van der Waals surface area contributed by atoms with Gasteiger partial charge >= 0.3 is 5.97 Å². The zero-order valence-corrected chi connectivity index (χ0v) is 11.5. The van der Waals surface area contributed by atoms with Crippen molar-refractivity contribution < 1.29 is 14.3 Å². The van der Waals surface area contributed by atoms with Gasteiger partial charge in [-0.1, -0.05) is 6.07 Å². The maximum Gasteiger partial charge on any atom is 0.340 e. The third-order valence-corrected chi connectivity index (χ3v) is 2.83. The smallest absolute Gasteiger partial charge is 0.340 e. The molecule has 0 saturated heterocycles. The Morgan fingerprint density at radius 2 is 2.24 bits per heavy atom. The second kappa shape index (κ2) is 6.61. The van der Waals surface area contributed by atoms with Crippen LogP contribution in [0.5, 0.6) is 0 Å². The average Bonchev–Trinajstić information content (AvgIpc) is 2.29. The van der Waals surface area contributed by atoms with Crippen molar-refractivity contribution in [3.05, 3.63) is 28.2 Å². The van der Waals surface area contributed by atoms with Gasteiger partial charge in [-0.3, -0.25) is 0 Å². The van der Waals surface area contributed by atoms with Crippen molar-refractivity contribution in [2.24, 2.45) is 0 Å². The van der Waals surface area contributed by atoms with Crippen molar-refractivity contribution in [1.29, 1.82) is 0 Å². The lowest BCUT2D eigenvalue weighted by Crippen LogP contribution is -2.21. The maximum absolute atomic E-state index is 11.8. The molecular weight excluding hydrogens is 286 g/mol. The number of halogens is 1. The summed E-state index contributed by atoms with van der Waals surface area (Å²) in [4.78, 5) is 11.8. The van der Waals surface area contributed by atoms with E-state index in [1.807, 2.05) is 6.92 Å². The quantitative estimate of drug-likeness (QED) is 0.671. The molecule has 4 nitrogen and oxygen atoms in total. The molecule has 1 aromatic rings. The number of anilines is 1. The molecule has 0 amide bonds. The molecule has 0 radical (unpaired) electrons. The zero-order chi connectivity index (χ0) is 12.8. The first-order valence-electron chi connectivity index (χ1n) is 5.39. The number of rotatable bonds is 5. The number of esters is 1. The summed E-state index contributed by atoms with van der Waals surface area (Å²) in [6.07, 6.45) is -0.291. The lowest BCUT2D eigenvalue weighted by molar-refractivity contribution is 0.00449. The van der Waals surface area contributed by atoms with Crippen LogP contribution in [0.3, 0.4) is 0 Å². The summed E-state index contributed by atoms with van der Waals surface area (Å²) in [6.45, 7) is 4.65. The van der Waals surface area contributed by atoms with Crippen LogP contribution < -0.4 is 5.73 Å². The van der Waals surface area contributed by atoms with E-state index in [1.54, 1.807) is 25.1 Å². The third-order valence-electron chi connectivity index (χ3n) is 2.14. The number of hydrogen-bond acceptors (Lipinski definition) is 4. The molecule has 2 N–H and O–H groups in total. The number of nitrogen functional groups attached to an aromatic ring is 1. The molecule has 0 spiro atoms. The lowest BCUT2D eigenvalue weighted by atomic mass is 10.2. The molecular formula is C12H16BrNO3. The minimum Gasteiger partial charge on any atom is -0.457 e. The molecule has 94 valence electrons. The van der Waals surface area contributed by atoms with Gasteiger partial charge in [-0.05, 0) is 41.9 Å². The third kappa shape index (κ3) is 4.02. The summed E-state index contributed by atoms with van der Waals surface area (Å²) >= 11 is 3.27. The second-order valence-electron chi connectivity index (χ2n) is 3.58. The Morgan fingerprint density at radius 1 is 1.53 bits per heavy atom. The SMILES string of the molecule is CCOCC(C)OC(=O)c1cccc(Br)c1N. The Hall–Kier alpha value is -1.07. The van der Waals surface area contributed by atoms with Crippen LogP contribution in [-0.2, 0) is 9.47 Å². The first-order chi connectivity index (χ1) is 8.06. The summed E-state index contributed by atoms with van der Waals surface area (Å²) in [5, 5.41) is 0. The molecule has 1 atom stereocenters. The van der Waals surface area contributed by atoms with E-state index < -0.39 is 5.97 Å². The van der Waals surface area contributed by atoms with E-state index in [9.17, 15) is 4.79 Å². The summed E-state index contributed by atoms with van der Waals surface area (Å²) in [7, 11) is 0. The topological polar surface area (TPSA) is 61.5 Å². The van der Waals surface area contributed by atoms with Gasteiger partial charge in [0.05, 0.1) is 17.9 Å². The van der Waals surface area contributed by atoms with E-state index in [-0.39, 0.29) is 6.10 Å². The number of nitrogens with two attached hydrogens (primary N) is 1. The van der Waals surface area contributed by atoms with Crippen molar-refractivity contribution in [3.63, 3.8) is 0 Å². The number of ether oxygens (including phenoxy) is 2. The summed E-state index contributed by atoms with van der Waals surface area (Å²) < 4.78 is 11.1. The van der Waals surface area contributed by atoms with Gasteiger partial charge in [0.15, 0.2) is 0 Å². The molecule has 0 bridgehead atoms. The minimum atomic E-state index is -0.434. The maximum atomic E-state index is 11.8. The van der Waals surface area contributed by atoms with Crippen LogP contribution in [0.25, 0.3) is 0 Å². The van der Waals surface area contributed by atoms with Crippen LogP contribution >= 0.6 is 15.9 Å². The van der Waals surface area contributed by atoms with Gasteiger partial charge in [-0.25, -0.2) is 4.79 Å². The van der Waals surface area contributed by atoms with Gasteiger partial charge in [-0.2, -0.15) is 0 Å². The Kier molecular flexibility index (Phi) is 5.44. The minimum absolute atomic E-state index is 0.291. The molecule has 1 aromatic carbocycles. The second-order valence-corrected chi connectivity index (χ2v) is 4.43. The van der Waals surface area contributed by atoms with E-state index >= 15 is 0 Å². The van der Waals surface area contributed by atoms with Crippen molar-refractivity contribution in [2.75, 3.05) is 18.9 Å². The molecule has 0 aliphatic heterocycles. The summed E-state index contributed by atoms with van der Waals surface area (Å²) in [5.41, 5.74) is 6.53. The highest BCUT2D eigenvalue weighted by Gasteiger charge is 2.15. The fraction of sp³-hybridized carbons (Fsp3) is 0.417. The fourth-order valence-electron chi connectivity index (χ4n) is 1.28. The van der Waals surface area contributed by atoms with E-state index in [0.717, 1.165) is 0 Å². The van der Waals surface area contributed by atoms with Crippen LogP contribution in [0.1, 0.15) is 24.2 Å². The first kappa shape index (κ1) is 14.0. The van der Waals surface area contributed by atoms with E-state index in [0.29, 0.717) is 28.9 Å². The molecule has 0 aliphatic rings. The predicted molar refractivity (Wildman–Crippen MR) is 69.9 cm³/mol. The number of benzene rings is 1. The Bertz CT molecular complexity index is 395. The molecule has 0 fully saturated rings. The molecule has 1 unspecified atom stereocenters. The molecule has 0 aliphatic carbocycles. The highest BCUT2D eigenvalue weighted by Crippen LogP contribution is 2.23. The van der Waals surface area contributed by atoms with Gasteiger partial charge in [0.2, 0.25) is 0 Å². The first-order valence-corrected chi connectivity index (χ1v) is 6.18. The van der Waals surface area contributed by atoms with Gasteiger partial charge in [-0.15, -0.1) is 0 Å². The van der Waals surface area contributed by atoms with E-state index in [4.69, 9.17) is 15.2 Å². The number of para-hydroxylation sites is 1. The molecule has 1 rings (SSSR count). The van der Waals surface area contributed by atoms with E-state index in [2.05, 4.69) is 15.9 Å². The van der Waals surface area contributed by atoms with E-state index in [1.165, 1.54) is 0 Å². The zero-order valence-electron chi connectivity index (χ0n) is 9.90. The standard InChI is InChI=1S/C12H16BrNO3/c1-3-16-7-8(2)17-12(15)9-5-4-6-10(13)11(9)14/h4-6,8H,3,7,14H2,1-2H3. The summed E-state index contributed by atoms with van der Waals surface area (Å²) in [5.74, 6) is -0.434. The van der Waals surface area contributed by atoms with Gasteiger partial charge in [0.25, 0.3) is 0 Å². The molecule has 0 aromatic heterocycles. The molecule has 5 heteroatoms. The van der Waals surface area contributed by atoms with Crippen LogP contribution in [-0.4, -0.2) is 25.3 Å². The molecule has 0 heterocycles. The largest absolute Gasteiger partial charge is 0.457 e. The van der Waals surface area contributed by atoms with Gasteiger partial charge < -0.3 is 15.2 Å². The van der Waals surface area contributed by atoms with Crippen molar-refractivity contribution in [2.45, 2.75) is 20.0 Å². The number of carbonyl (C=O) groups is 1. The normalized spacial score (nSPS) is 12.2. The van der Waals surface area contributed by atoms with Gasteiger partial charge in [0.1, 0.15) is 6.10 Å². The van der Waals surface area contributed by atoms with Gasteiger partial charge in [0, 0.05) is 11.1 Å². The monoisotopic (exact) mass is 301 g/mol. The summed E-state index contributed by atoms with van der Waals surface area (Å²) in [6, 6.07) is 5.15. The molecule has 17 heavy (non-hydrogen) atoms. The van der Waals surface area contributed by atoms with Crippen LogP contribution in [0.2, 0.25) is 0 Å². The number of carbonyl (C=O) groups excluding carboxylic acids is 1. The fourth-order valence-corrected chi connectivity index (χ4v) is 1.65. The average molecular weight is 302 g/mol. The van der Waals surface area contributed by atoms with Crippen molar-refractivity contribution in [1.82, 2.24) is 0 Å². The van der Waals surface area contributed by atoms with Crippen LogP contribution in [0.4, 0.5) is 5.69 Å². The van der Waals surface area contributed by atoms with Crippen molar-refractivity contribution in [3.8, 4) is 0 Å². The Balaban J connectivity index is 2.67. The van der Waals surface area contributed by atoms with Crippen LogP contribution in [0, 0.1) is 0 Å². The highest BCUT2D eigenvalue weighted by molar-refractivity contribution is 9.10. The number of hydrogen-bond donors (Lipinski definition) is 1. The Labute approximate surface area is 109 Å². The molecule has 0 saturated carbocycles. The lowest BCUT2D eigenvalue weighted by Gasteiger charge is -2.14. The highest BCUT2D eigenvalue weighted by atomic mass is 79.9. The Morgan fingerprint density at radius 3 is 2.88 bits per heavy atom. The van der Waals surface area contributed by atoms with Crippen molar-refractivity contribution >= 4 is 27.6 Å².